The van der Waals surface area contributed by atoms with Crippen molar-refractivity contribution < 1.29 is 14.6 Å². The van der Waals surface area contributed by atoms with Gasteiger partial charge in [-0.3, -0.25) is 5.10 Å². The summed E-state index contributed by atoms with van der Waals surface area (Å²) in [7, 11) is 3.26. The van der Waals surface area contributed by atoms with Crippen molar-refractivity contribution in [1.29, 1.82) is 0 Å². The van der Waals surface area contributed by atoms with Crippen molar-refractivity contribution in [2.75, 3.05) is 14.2 Å². The standard InChI is InChI=1S/C19H17N3O3/c1-10-8-13-15(18(25-3)17(10)24-2)14-9-20-22-19(14)21-16(13)11-4-6-12(23)7-5-11/h4-9,23H,1-3H3,(H,20,21,22). The van der Waals surface area contributed by atoms with Crippen molar-refractivity contribution in [3.05, 3.63) is 42.1 Å². The third kappa shape index (κ3) is 2.26. The zero-order chi connectivity index (χ0) is 17.6. The Morgan fingerprint density at radius 1 is 1.00 bits per heavy atom. The lowest BCUT2D eigenvalue weighted by molar-refractivity contribution is 0.356. The Labute approximate surface area is 144 Å². The molecule has 0 saturated heterocycles. The number of H-pyrrole nitrogens is 1. The monoisotopic (exact) mass is 335 g/mol. The van der Waals surface area contributed by atoms with E-state index >= 15 is 0 Å². The second-order valence-corrected chi connectivity index (χ2v) is 5.82. The van der Waals surface area contributed by atoms with E-state index in [1.165, 1.54) is 0 Å². The molecule has 6 heteroatoms. The van der Waals surface area contributed by atoms with E-state index in [2.05, 4.69) is 10.2 Å². The van der Waals surface area contributed by atoms with Gasteiger partial charge in [0, 0.05) is 16.3 Å². The normalized spacial score (nSPS) is 11.2. The van der Waals surface area contributed by atoms with Gasteiger partial charge in [-0.25, -0.2) is 4.98 Å². The fourth-order valence-electron chi connectivity index (χ4n) is 3.23. The Balaban J connectivity index is 2.19. The first-order chi connectivity index (χ1) is 12.1. The van der Waals surface area contributed by atoms with Crippen LogP contribution in [-0.4, -0.2) is 34.5 Å². The predicted octanol–water partition coefficient (Wildman–Crippen LogP) is 3.81. The van der Waals surface area contributed by atoms with Crippen molar-refractivity contribution >= 4 is 21.8 Å². The van der Waals surface area contributed by atoms with E-state index in [1.54, 1.807) is 32.5 Å². The van der Waals surface area contributed by atoms with Gasteiger partial charge in [0.2, 0.25) is 0 Å². The molecule has 0 amide bonds. The fraction of sp³-hybridized carbons (Fsp3) is 0.158. The summed E-state index contributed by atoms with van der Waals surface area (Å²) in [5.41, 5.74) is 3.30. The highest BCUT2D eigenvalue weighted by atomic mass is 16.5. The maximum atomic E-state index is 9.58. The number of hydrogen-bond acceptors (Lipinski definition) is 5. The molecule has 0 aliphatic rings. The number of aromatic nitrogens is 3. The predicted molar refractivity (Wildman–Crippen MR) is 96.3 cm³/mol. The molecule has 0 atom stereocenters. The molecule has 4 rings (SSSR count). The summed E-state index contributed by atoms with van der Waals surface area (Å²) in [6.07, 6.45) is 1.74. The quantitative estimate of drug-likeness (QED) is 0.595. The van der Waals surface area contributed by atoms with E-state index in [1.807, 2.05) is 25.1 Å². The summed E-state index contributed by atoms with van der Waals surface area (Å²) >= 11 is 0. The maximum absolute atomic E-state index is 9.58. The molecule has 2 aromatic carbocycles. The topological polar surface area (TPSA) is 80.3 Å². The number of nitrogens with zero attached hydrogens (tertiary/aromatic N) is 2. The van der Waals surface area contributed by atoms with Crippen LogP contribution in [-0.2, 0) is 0 Å². The Morgan fingerprint density at radius 2 is 1.72 bits per heavy atom. The van der Waals surface area contributed by atoms with Crippen LogP contribution in [0.1, 0.15) is 5.56 Å². The molecule has 0 aliphatic heterocycles. The van der Waals surface area contributed by atoms with Crippen molar-refractivity contribution in [3.63, 3.8) is 0 Å². The molecule has 2 N–H and O–H groups in total. The first-order valence-corrected chi connectivity index (χ1v) is 7.81. The molecule has 4 aromatic rings. The number of methoxy groups -OCH3 is 2. The Kier molecular flexibility index (Phi) is 3.46. The van der Waals surface area contributed by atoms with E-state index in [9.17, 15) is 5.11 Å². The average Bonchev–Trinajstić information content (AvgIpc) is 3.09. The van der Waals surface area contributed by atoms with Crippen LogP contribution < -0.4 is 9.47 Å². The number of phenolic OH excluding ortho intramolecular Hbond substituents is 1. The molecule has 2 heterocycles. The first-order valence-electron chi connectivity index (χ1n) is 7.81. The summed E-state index contributed by atoms with van der Waals surface area (Å²) in [5, 5.41) is 19.3. The summed E-state index contributed by atoms with van der Waals surface area (Å²) in [5.74, 6) is 1.57. The number of ether oxygens (including phenoxy) is 2. The molecule has 6 nitrogen and oxygen atoms in total. The minimum atomic E-state index is 0.214. The molecule has 0 bridgehead atoms. The van der Waals surface area contributed by atoms with E-state index in [0.717, 1.165) is 33.0 Å². The number of fused-ring (bicyclic) bond motifs is 3. The Hall–Kier alpha value is -3.28. The highest BCUT2D eigenvalue weighted by Gasteiger charge is 2.20. The average molecular weight is 335 g/mol. The third-order valence-corrected chi connectivity index (χ3v) is 4.34. The van der Waals surface area contributed by atoms with E-state index < -0.39 is 0 Å². The van der Waals surface area contributed by atoms with Gasteiger partial charge in [0.1, 0.15) is 5.75 Å². The van der Waals surface area contributed by atoms with Crippen molar-refractivity contribution in [2.24, 2.45) is 0 Å². The van der Waals surface area contributed by atoms with Gasteiger partial charge in [0.25, 0.3) is 0 Å². The number of benzene rings is 2. The summed E-state index contributed by atoms with van der Waals surface area (Å²) in [6, 6.07) is 9.01. The minimum Gasteiger partial charge on any atom is -0.508 e. The molecule has 0 aliphatic carbocycles. The SMILES string of the molecule is COc1c(C)cc2c(-c3ccc(O)cc3)nc3[nH]ncc3c2c1OC. The Morgan fingerprint density at radius 3 is 2.40 bits per heavy atom. The second-order valence-electron chi connectivity index (χ2n) is 5.82. The van der Waals surface area contributed by atoms with E-state index in [4.69, 9.17) is 14.5 Å². The lowest BCUT2D eigenvalue weighted by Crippen LogP contribution is -1.97. The van der Waals surface area contributed by atoms with Crippen LogP contribution in [0.4, 0.5) is 0 Å². The number of nitrogens with one attached hydrogen (secondary N) is 1. The van der Waals surface area contributed by atoms with E-state index in [0.29, 0.717) is 17.1 Å². The fourth-order valence-corrected chi connectivity index (χ4v) is 3.23. The van der Waals surface area contributed by atoms with Gasteiger partial charge in [-0.15, -0.1) is 0 Å². The zero-order valence-electron chi connectivity index (χ0n) is 14.1. The maximum Gasteiger partial charge on any atom is 0.169 e. The van der Waals surface area contributed by atoms with Crippen LogP contribution >= 0.6 is 0 Å². The second kappa shape index (κ2) is 5.66. The molecule has 0 fully saturated rings. The Bertz CT molecular complexity index is 1080. The summed E-state index contributed by atoms with van der Waals surface area (Å²) in [6.45, 7) is 1.97. The number of aromatic hydroxyl groups is 1. The number of aromatic amines is 1. The number of hydrogen-bond donors (Lipinski definition) is 2. The van der Waals surface area contributed by atoms with E-state index in [-0.39, 0.29) is 5.75 Å². The molecule has 25 heavy (non-hydrogen) atoms. The highest BCUT2D eigenvalue weighted by Crippen LogP contribution is 2.44. The smallest absolute Gasteiger partial charge is 0.169 e. The summed E-state index contributed by atoms with van der Waals surface area (Å²) in [4.78, 5) is 4.74. The molecular weight excluding hydrogens is 318 g/mol. The van der Waals surface area contributed by atoms with Crippen LogP contribution in [0.3, 0.4) is 0 Å². The van der Waals surface area contributed by atoms with Crippen LogP contribution in [0.2, 0.25) is 0 Å². The number of phenols is 1. The van der Waals surface area contributed by atoms with Gasteiger partial charge < -0.3 is 14.6 Å². The van der Waals surface area contributed by atoms with Crippen LogP contribution in [0.15, 0.2) is 36.5 Å². The van der Waals surface area contributed by atoms with Crippen molar-refractivity contribution in [3.8, 4) is 28.5 Å². The molecular formula is C19H17N3O3. The number of pyridine rings is 1. The van der Waals surface area contributed by atoms with Crippen LogP contribution in [0.5, 0.6) is 17.2 Å². The molecule has 2 aromatic heterocycles. The molecule has 126 valence electrons. The van der Waals surface area contributed by atoms with Crippen LogP contribution in [0, 0.1) is 6.92 Å². The van der Waals surface area contributed by atoms with Gasteiger partial charge in [0.05, 0.1) is 31.5 Å². The molecule has 0 unspecified atom stereocenters. The van der Waals surface area contributed by atoms with Crippen molar-refractivity contribution in [1.82, 2.24) is 15.2 Å². The van der Waals surface area contributed by atoms with Gasteiger partial charge in [0.15, 0.2) is 17.1 Å². The largest absolute Gasteiger partial charge is 0.508 e. The number of rotatable bonds is 3. The highest BCUT2D eigenvalue weighted by molar-refractivity contribution is 6.14. The lowest BCUT2D eigenvalue weighted by atomic mass is 9.98. The third-order valence-electron chi connectivity index (χ3n) is 4.34. The van der Waals surface area contributed by atoms with Gasteiger partial charge in [-0.1, -0.05) is 0 Å². The van der Waals surface area contributed by atoms with Gasteiger partial charge >= 0.3 is 0 Å². The van der Waals surface area contributed by atoms with Gasteiger partial charge in [-0.2, -0.15) is 5.10 Å². The van der Waals surface area contributed by atoms with Gasteiger partial charge in [-0.05, 0) is 42.8 Å². The molecule has 0 spiro atoms. The zero-order valence-corrected chi connectivity index (χ0v) is 14.1. The summed E-state index contributed by atoms with van der Waals surface area (Å²) < 4.78 is 11.2. The lowest BCUT2D eigenvalue weighted by Gasteiger charge is -2.16. The van der Waals surface area contributed by atoms with Crippen LogP contribution in [0.25, 0.3) is 33.1 Å². The molecule has 0 saturated carbocycles. The van der Waals surface area contributed by atoms with Crippen molar-refractivity contribution in [2.45, 2.75) is 6.92 Å². The minimum absolute atomic E-state index is 0.214. The molecule has 0 radical (unpaired) electrons. The first kappa shape index (κ1) is 15.3. The number of aryl methyl sites for hydroxylation is 1.